The van der Waals surface area contributed by atoms with Gasteiger partial charge < -0.3 is 0 Å². The van der Waals surface area contributed by atoms with Crippen LogP contribution in [0.15, 0.2) is 0 Å². The molecule has 0 aromatic heterocycles. The van der Waals surface area contributed by atoms with Gasteiger partial charge in [-0.15, -0.1) is 0 Å². The van der Waals surface area contributed by atoms with E-state index < -0.39 is 0 Å². The smallest absolute Gasteiger partial charge is 0.0664 e. The van der Waals surface area contributed by atoms with Crippen molar-refractivity contribution in [3.8, 4) is 6.07 Å². The molecule has 0 amide bonds. The van der Waals surface area contributed by atoms with Gasteiger partial charge in [0.05, 0.1) is 12.0 Å². The summed E-state index contributed by atoms with van der Waals surface area (Å²) in [5, 5.41) is 9.30. The number of hydrogen-bond donors (Lipinski definition) is 0. The van der Waals surface area contributed by atoms with E-state index in [9.17, 15) is 0 Å². The Morgan fingerprint density at radius 3 is 2.67 bits per heavy atom. The molecule has 1 unspecified atom stereocenters. The van der Waals surface area contributed by atoms with Gasteiger partial charge in [0, 0.05) is 5.33 Å². The van der Waals surface area contributed by atoms with Gasteiger partial charge in [-0.3, -0.25) is 0 Å². The number of halogens is 1. The van der Waals surface area contributed by atoms with Crippen molar-refractivity contribution in [3.05, 3.63) is 0 Å². The van der Waals surface area contributed by atoms with E-state index in [-0.39, 0.29) is 5.92 Å². The Morgan fingerprint density at radius 1 is 1.67 bits per heavy atom. The van der Waals surface area contributed by atoms with Crippen LogP contribution in [0.3, 0.4) is 0 Å². The van der Waals surface area contributed by atoms with E-state index in [1.54, 1.807) is 0 Å². The standard InChI is InChI=1S/C7H12BrN/c1-2-3-4-7(5-8)6-9/h7H,2-5H2,1H3. The van der Waals surface area contributed by atoms with Gasteiger partial charge in [-0.1, -0.05) is 35.7 Å². The van der Waals surface area contributed by atoms with Gasteiger partial charge in [-0.2, -0.15) is 5.26 Å². The molecule has 0 aromatic rings. The van der Waals surface area contributed by atoms with Gasteiger partial charge in [-0.05, 0) is 6.42 Å². The first-order chi connectivity index (χ1) is 4.35. The van der Waals surface area contributed by atoms with Crippen LogP contribution < -0.4 is 0 Å². The number of nitriles is 1. The Morgan fingerprint density at radius 2 is 2.33 bits per heavy atom. The van der Waals surface area contributed by atoms with Crippen molar-refractivity contribution >= 4 is 15.9 Å². The molecule has 0 spiro atoms. The fourth-order valence-electron chi connectivity index (χ4n) is 0.627. The highest BCUT2D eigenvalue weighted by atomic mass is 79.9. The molecule has 0 N–H and O–H groups in total. The van der Waals surface area contributed by atoms with E-state index in [2.05, 4.69) is 28.9 Å². The lowest BCUT2D eigenvalue weighted by Gasteiger charge is -2.00. The monoisotopic (exact) mass is 189 g/mol. The highest BCUT2D eigenvalue weighted by molar-refractivity contribution is 9.09. The summed E-state index contributed by atoms with van der Waals surface area (Å²) in [7, 11) is 0. The molecule has 1 nitrogen and oxygen atoms in total. The third-order valence-corrected chi connectivity index (χ3v) is 2.06. The predicted octanol–water partition coefficient (Wildman–Crippen LogP) is 2.71. The average molecular weight is 190 g/mol. The number of alkyl halides is 1. The van der Waals surface area contributed by atoms with Crippen LogP contribution in [-0.4, -0.2) is 5.33 Å². The second-order valence-electron chi connectivity index (χ2n) is 2.12. The Hall–Kier alpha value is -0.0300. The summed E-state index contributed by atoms with van der Waals surface area (Å²) in [6.45, 7) is 2.14. The molecule has 0 rings (SSSR count). The highest BCUT2D eigenvalue weighted by Gasteiger charge is 2.02. The van der Waals surface area contributed by atoms with Crippen LogP contribution in [-0.2, 0) is 0 Å². The molecule has 0 fully saturated rings. The lowest BCUT2D eigenvalue weighted by Crippen LogP contribution is -1.96. The normalized spacial score (nSPS) is 12.6. The maximum Gasteiger partial charge on any atom is 0.0664 e. The second-order valence-corrected chi connectivity index (χ2v) is 2.77. The molecule has 2 heteroatoms. The topological polar surface area (TPSA) is 23.8 Å². The molecule has 0 aliphatic carbocycles. The summed E-state index contributed by atoms with van der Waals surface area (Å²) < 4.78 is 0. The van der Waals surface area contributed by atoms with Crippen LogP contribution in [0.25, 0.3) is 0 Å². The van der Waals surface area contributed by atoms with Crippen LogP contribution in [0.2, 0.25) is 0 Å². The molecular weight excluding hydrogens is 178 g/mol. The summed E-state index contributed by atoms with van der Waals surface area (Å²) >= 11 is 3.28. The zero-order valence-electron chi connectivity index (χ0n) is 5.73. The minimum absolute atomic E-state index is 0.227. The van der Waals surface area contributed by atoms with Gasteiger partial charge in [-0.25, -0.2) is 0 Å². The first-order valence-corrected chi connectivity index (χ1v) is 4.42. The molecule has 0 saturated heterocycles. The molecule has 9 heavy (non-hydrogen) atoms. The van der Waals surface area contributed by atoms with Gasteiger partial charge in [0.25, 0.3) is 0 Å². The number of unbranched alkanes of at least 4 members (excludes halogenated alkanes) is 1. The van der Waals surface area contributed by atoms with Crippen molar-refractivity contribution in [2.24, 2.45) is 5.92 Å². The summed E-state index contributed by atoms with van der Waals surface area (Å²) in [6.07, 6.45) is 3.40. The van der Waals surface area contributed by atoms with Crippen LogP contribution in [0.5, 0.6) is 0 Å². The van der Waals surface area contributed by atoms with E-state index in [0.29, 0.717) is 0 Å². The Bertz CT molecular complexity index is 95.6. The molecule has 0 radical (unpaired) electrons. The van der Waals surface area contributed by atoms with E-state index in [1.807, 2.05) is 0 Å². The quantitative estimate of drug-likeness (QED) is 0.625. The first-order valence-electron chi connectivity index (χ1n) is 3.30. The number of hydrogen-bond acceptors (Lipinski definition) is 1. The van der Waals surface area contributed by atoms with Gasteiger partial charge in [0.2, 0.25) is 0 Å². The van der Waals surface area contributed by atoms with E-state index in [1.165, 1.54) is 12.8 Å². The predicted molar refractivity (Wildman–Crippen MR) is 42.4 cm³/mol. The largest absolute Gasteiger partial charge is 0.198 e. The lowest BCUT2D eigenvalue weighted by molar-refractivity contribution is 0.617. The van der Waals surface area contributed by atoms with Crippen molar-refractivity contribution in [2.75, 3.05) is 5.33 Å². The molecule has 1 atom stereocenters. The zero-order chi connectivity index (χ0) is 7.11. The van der Waals surface area contributed by atoms with E-state index in [4.69, 9.17) is 5.26 Å². The Kier molecular flexibility index (Phi) is 6.08. The van der Waals surface area contributed by atoms with Crippen LogP contribution in [0.1, 0.15) is 26.2 Å². The van der Waals surface area contributed by atoms with Gasteiger partial charge in [0.15, 0.2) is 0 Å². The lowest BCUT2D eigenvalue weighted by atomic mass is 10.1. The van der Waals surface area contributed by atoms with Gasteiger partial charge >= 0.3 is 0 Å². The minimum atomic E-state index is 0.227. The molecule has 0 bridgehead atoms. The van der Waals surface area contributed by atoms with Crippen LogP contribution >= 0.6 is 15.9 Å². The highest BCUT2D eigenvalue weighted by Crippen LogP contribution is 2.09. The van der Waals surface area contributed by atoms with Crippen molar-refractivity contribution in [3.63, 3.8) is 0 Å². The Labute approximate surface area is 65.2 Å². The van der Waals surface area contributed by atoms with Gasteiger partial charge in [0.1, 0.15) is 0 Å². The molecule has 52 valence electrons. The molecule has 0 heterocycles. The third kappa shape index (κ3) is 4.47. The number of nitrogens with zero attached hydrogens (tertiary/aromatic N) is 1. The van der Waals surface area contributed by atoms with Crippen molar-refractivity contribution in [1.82, 2.24) is 0 Å². The summed E-state index contributed by atoms with van der Waals surface area (Å²) in [6, 6.07) is 2.24. The Balaban J connectivity index is 3.23. The van der Waals surface area contributed by atoms with Crippen molar-refractivity contribution in [2.45, 2.75) is 26.2 Å². The first kappa shape index (κ1) is 8.97. The molecule has 0 aliphatic heterocycles. The fourth-order valence-corrected chi connectivity index (χ4v) is 1.10. The number of rotatable bonds is 4. The molecule has 0 saturated carbocycles. The molecular formula is C7H12BrN. The molecule has 0 aliphatic rings. The summed E-state index contributed by atoms with van der Waals surface area (Å²) in [5.41, 5.74) is 0. The van der Waals surface area contributed by atoms with Crippen LogP contribution in [0.4, 0.5) is 0 Å². The maximum absolute atomic E-state index is 8.47. The molecule has 0 aromatic carbocycles. The van der Waals surface area contributed by atoms with Crippen LogP contribution in [0, 0.1) is 17.2 Å². The summed E-state index contributed by atoms with van der Waals surface area (Å²) in [5.74, 6) is 0.227. The van der Waals surface area contributed by atoms with Crippen molar-refractivity contribution < 1.29 is 0 Å². The average Bonchev–Trinajstić information content (AvgIpc) is 1.91. The van der Waals surface area contributed by atoms with E-state index in [0.717, 1.165) is 11.8 Å². The minimum Gasteiger partial charge on any atom is -0.198 e. The second kappa shape index (κ2) is 6.10. The maximum atomic E-state index is 8.47. The van der Waals surface area contributed by atoms with Crippen molar-refractivity contribution in [1.29, 1.82) is 5.26 Å². The zero-order valence-corrected chi connectivity index (χ0v) is 7.32. The van der Waals surface area contributed by atoms with E-state index >= 15 is 0 Å². The fraction of sp³-hybridized carbons (Fsp3) is 0.857. The summed E-state index contributed by atoms with van der Waals surface area (Å²) in [4.78, 5) is 0. The SMILES string of the molecule is CCCCC(C#N)CBr. The third-order valence-electron chi connectivity index (χ3n) is 1.27.